The van der Waals surface area contributed by atoms with Gasteiger partial charge in [-0.15, -0.1) is 0 Å². The van der Waals surface area contributed by atoms with Gasteiger partial charge in [0.25, 0.3) is 5.91 Å². The molecule has 0 spiro atoms. The molecule has 3 aromatic rings. The van der Waals surface area contributed by atoms with Crippen molar-refractivity contribution < 1.29 is 13.6 Å². The molecular weight excluding hydrogens is 390 g/mol. The van der Waals surface area contributed by atoms with E-state index in [0.29, 0.717) is 43.6 Å². The van der Waals surface area contributed by atoms with Crippen LogP contribution in [0.5, 0.6) is 0 Å². The minimum absolute atomic E-state index is 0.121. The van der Waals surface area contributed by atoms with Crippen molar-refractivity contribution in [2.75, 3.05) is 36.4 Å². The van der Waals surface area contributed by atoms with Gasteiger partial charge >= 0.3 is 0 Å². The van der Waals surface area contributed by atoms with E-state index in [-0.39, 0.29) is 5.56 Å². The van der Waals surface area contributed by atoms with E-state index < -0.39 is 17.5 Å². The van der Waals surface area contributed by atoms with Gasteiger partial charge in [0.15, 0.2) is 0 Å². The average Bonchev–Trinajstić information content (AvgIpc) is 2.74. The minimum Gasteiger partial charge on any atom is -0.353 e. The van der Waals surface area contributed by atoms with E-state index >= 15 is 0 Å². The molecule has 1 aliphatic rings. The summed E-state index contributed by atoms with van der Waals surface area (Å²) in [6, 6.07) is 10.4. The molecule has 0 bridgehead atoms. The second-order valence-electron chi connectivity index (χ2n) is 6.90. The number of nitrogens with one attached hydrogen (secondary N) is 1. The van der Waals surface area contributed by atoms with Crippen LogP contribution in [0.25, 0.3) is 0 Å². The average molecular weight is 410 g/mol. The van der Waals surface area contributed by atoms with Crippen LogP contribution in [0, 0.1) is 18.6 Å². The Balaban J connectivity index is 1.44. The van der Waals surface area contributed by atoms with Crippen LogP contribution in [0.3, 0.4) is 0 Å². The lowest BCUT2D eigenvalue weighted by Crippen LogP contribution is -2.49. The topological polar surface area (TPSA) is 74.2 Å². The maximum absolute atomic E-state index is 13.9. The van der Waals surface area contributed by atoms with E-state index in [0.717, 1.165) is 18.0 Å². The number of carbonyl (C=O) groups excluding carboxylic acids is 1. The van der Waals surface area contributed by atoms with E-state index in [1.54, 1.807) is 11.1 Å². The lowest BCUT2D eigenvalue weighted by Gasteiger charge is -2.35. The van der Waals surface area contributed by atoms with E-state index in [9.17, 15) is 13.6 Å². The van der Waals surface area contributed by atoms with Crippen LogP contribution < -0.4 is 10.2 Å². The second-order valence-corrected chi connectivity index (χ2v) is 6.90. The first-order valence-corrected chi connectivity index (χ1v) is 9.52. The molecule has 0 aliphatic carbocycles. The first-order valence-electron chi connectivity index (χ1n) is 9.52. The Morgan fingerprint density at radius 1 is 1.00 bits per heavy atom. The van der Waals surface area contributed by atoms with E-state index in [4.69, 9.17) is 0 Å². The van der Waals surface area contributed by atoms with Gasteiger partial charge in [0, 0.05) is 44.5 Å². The van der Waals surface area contributed by atoms with Crippen LogP contribution in [0.2, 0.25) is 0 Å². The number of nitrogens with zero attached hydrogens (tertiary/aromatic N) is 5. The lowest BCUT2D eigenvalue weighted by atomic mass is 10.1. The normalized spacial score (nSPS) is 14.0. The number of hydrogen-bond donors (Lipinski definition) is 1. The Bertz CT molecular complexity index is 1050. The highest BCUT2D eigenvalue weighted by Crippen LogP contribution is 2.21. The van der Waals surface area contributed by atoms with Crippen molar-refractivity contribution in [1.29, 1.82) is 0 Å². The Labute approximate surface area is 172 Å². The minimum atomic E-state index is -0.848. The number of aryl methyl sites for hydroxylation is 1. The van der Waals surface area contributed by atoms with Crippen molar-refractivity contribution in [1.82, 2.24) is 19.9 Å². The number of rotatable bonds is 4. The molecule has 0 atom stereocenters. The van der Waals surface area contributed by atoms with Crippen LogP contribution >= 0.6 is 0 Å². The van der Waals surface area contributed by atoms with Crippen LogP contribution in [0.1, 0.15) is 16.2 Å². The fourth-order valence-electron chi connectivity index (χ4n) is 3.32. The molecule has 0 radical (unpaired) electrons. The maximum Gasteiger partial charge on any atom is 0.256 e. The third-order valence-corrected chi connectivity index (χ3v) is 4.80. The van der Waals surface area contributed by atoms with Crippen molar-refractivity contribution in [2.24, 2.45) is 0 Å². The van der Waals surface area contributed by atoms with Crippen LogP contribution in [0.15, 0.2) is 48.7 Å². The SMILES string of the molecule is Cc1nc(Nc2ccccn2)cc(N2CCN(C(=O)c3ccc(F)cc3F)CC2)n1. The van der Waals surface area contributed by atoms with Gasteiger partial charge in [-0.25, -0.2) is 23.7 Å². The molecule has 7 nitrogen and oxygen atoms in total. The van der Waals surface area contributed by atoms with Gasteiger partial charge in [0.05, 0.1) is 5.56 Å². The molecule has 154 valence electrons. The van der Waals surface area contributed by atoms with Crippen molar-refractivity contribution in [2.45, 2.75) is 6.92 Å². The summed E-state index contributed by atoms with van der Waals surface area (Å²) < 4.78 is 27.0. The molecule has 30 heavy (non-hydrogen) atoms. The monoisotopic (exact) mass is 410 g/mol. The Hall–Kier alpha value is -3.62. The van der Waals surface area contributed by atoms with Gasteiger partial charge in [-0.1, -0.05) is 6.07 Å². The smallest absolute Gasteiger partial charge is 0.256 e. The summed E-state index contributed by atoms with van der Waals surface area (Å²) in [4.78, 5) is 29.3. The molecule has 1 saturated heterocycles. The van der Waals surface area contributed by atoms with E-state index in [1.165, 1.54) is 6.07 Å². The highest BCUT2D eigenvalue weighted by Gasteiger charge is 2.25. The molecule has 3 heterocycles. The molecule has 4 rings (SSSR count). The van der Waals surface area contributed by atoms with Gasteiger partial charge < -0.3 is 15.1 Å². The van der Waals surface area contributed by atoms with Gasteiger partial charge in [-0.2, -0.15) is 0 Å². The summed E-state index contributed by atoms with van der Waals surface area (Å²) in [5.74, 6) is 0.658. The first-order chi connectivity index (χ1) is 14.5. The summed E-state index contributed by atoms with van der Waals surface area (Å²) in [5, 5.41) is 3.16. The zero-order chi connectivity index (χ0) is 21.1. The van der Waals surface area contributed by atoms with Crippen LogP contribution in [-0.4, -0.2) is 51.9 Å². The van der Waals surface area contributed by atoms with E-state index in [1.807, 2.05) is 36.1 Å². The number of halogens is 2. The molecule has 1 aromatic carbocycles. The number of piperazine rings is 1. The molecule has 1 aliphatic heterocycles. The Kier molecular flexibility index (Phi) is 5.51. The molecule has 1 amide bonds. The summed E-state index contributed by atoms with van der Waals surface area (Å²) in [5.41, 5.74) is -0.121. The number of benzene rings is 1. The fraction of sp³-hybridized carbons (Fsp3) is 0.238. The molecule has 1 N–H and O–H groups in total. The molecule has 1 fully saturated rings. The second kappa shape index (κ2) is 8.40. The Morgan fingerprint density at radius 2 is 1.80 bits per heavy atom. The molecule has 0 saturated carbocycles. The number of pyridine rings is 1. The van der Waals surface area contributed by atoms with Crippen molar-refractivity contribution in [3.63, 3.8) is 0 Å². The van der Waals surface area contributed by atoms with Gasteiger partial charge in [0.2, 0.25) is 0 Å². The molecule has 9 heteroatoms. The van der Waals surface area contributed by atoms with Gasteiger partial charge in [-0.05, 0) is 31.2 Å². The van der Waals surface area contributed by atoms with Crippen molar-refractivity contribution >= 4 is 23.4 Å². The lowest BCUT2D eigenvalue weighted by molar-refractivity contribution is 0.0741. The third kappa shape index (κ3) is 4.35. The maximum atomic E-state index is 13.9. The predicted octanol–water partition coefficient (Wildman–Crippen LogP) is 3.16. The number of carbonyl (C=O) groups is 1. The summed E-state index contributed by atoms with van der Waals surface area (Å²) in [7, 11) is 0. The van der Waals surface area contributed by atoms with Crippen LogP contribution in [-0.2, 0) is 0 Å². The third-order valence-electron chi connectivity index (χ3n) is 4.80. The van der Waals surface area contributed by atoms with Gasteiger partial charge in [-0.3, -0.25) is 4.79 Å². The molecular formula is C21H20F2N6O. The fourth-order valence-corrected chi connectivity index (χ4v) is 3.32. The van der Waals surface area contributed by atoms with Crippen molar-refractivity contribution in [3.05, 3.63) is 71.7 Å². The number of anilines is 3. The zero-order valence-electron chi connectivity index (χ0n) is 16.3. The predicted molar refractivity (Wildman–Crippen MR) is 109 cm³/mol. The highest BCUT2D eigenvalue weighted by atomic mass is 19.1. The number of aromatic nitrogens is 3. The van der Waals surface area contributed by atoms with Gasteiger partial charge in [0.1, 0.15) is 34.9 Å². The molecule has 2 aromatic heterocycles. The number of amides is 1. The van der Waals surface area contributed by atoms with Crippen LogP contribution in [0.4, 0.5) is 26.2 Å². The zero-order valence-corrected chi connectivity index (χ0v) is 16.3. The summed E-state index contributed by atoms with van der Waals surface area (Å²) in [6.45, 7) is 3.69. The largest absolute Gasteiger partial charge is 0.353 e. The summed E-state index contributed by atoms with van der Waals surface area (Å²) in [6.07, 6.45) is 1.69. The standard InChI is InChI=1S/C21H20F2N6O/c1-14-25-19(27-18-4-2-3-7-24-18)13-20(26-14)28-8-10-29(11-9-28)21(30)16-6-5-15(22)12-17(16)23/h2-7,12-13H,8-11H2,1H3,(H,24,25,26,27). The number of hydrogen-bond acceptors (Lipinski definition) is 6. The quantitative estimate of drug-likeness (QED) is 0.712. The highest BCUT2D eigenvalue weighted by molar-refractivity contribution is 5.94. The van der Waals surface area contributed by atoms with Crippen molar-refractivity contribution in [3.8, 4) is 0 Å². The van der Waals surface area contributed by atoms with E-state index in [2.05, 4.69) is 20.3 Å². The Morgan fingerprint density at radius 3 is 2.50 bits per heavy atom. The summed E-state index contributed by atoms with van der Waals surface area (Å²) >= 11 is 0. The first kappa shape index (κ1) is 19.7. The molecule has 0 unspecified atom stereocenters.